The number of nitrogens with one attached hydrogen (secondary N) is 2. The minimum Gasteiger partial charge on any atom is -0.481 e. The van der Waals surface area contributed by atoms with Crippen LogP contribution < -0.4 is 4.72 Å². The predicted octanol–water partition coefficient (Wildman–Crippen LogP) is 1.17. The smallest absolute Gasteiger partial charge is 0.303 e. The van der Waals surface area contributed by atoms with E-state index in [4.69, 9.17) is 5.11 Å². The molecule has 0 aliphatic carbocycles. The first kappa shape index (κ1) is 18.5. The summed E-state index contributed by atoms with van der Waals surface area (Å²) in [5.41, 5.74) is -0.672. The topological polar surface area (TPSA) is 120 Å². The maximum absolute atomic E-state index is 12.4. The molecule has 24 heavy (non-hydrogen) atoms. The predicted molar refractivity (Wildman–Crippen MR) is 87.2 cm³/mol. The number of carbonyl (C=O) groups excluding carboxylic acids is 1. The Morgan fingerprint density at radius 2 is 1.96 bits per heavy atom. The van der Waals surface area contributed by atoms with Gasteiger partial charge in [0.05, 0.1) is 0 Å². The summed E-state index contributed by atoms with van der Waals surface area (Å²) < 4.78 is 27.4. The van der Waals surface area contributed by atoms with Crippen LogP contribution in [0.1, 0.15) is 50.0 Å². The summed E-state index contributed by atoms with van der Waals surface area (Å²) in [4.78, 5) is 27.3. The van der Waals surface area contributed by atoms with E-state index in [1.807, 2.05) is 0 Å². The Morgan fingerprint density at radius 1 is 1.33 bits per heavy atom. The normalized spacial score (nSPS) is 15.7. The number of aromatic nitrogens is 1. The highest BCUT2D eigenvalue weighted by Crippen LogP contribution is 2.19. The summed E-state index contributed by atoms with van der Waals surface area (Å²) in [7, 11) is -3.85. The highest BCUT2D eigenvalue weighted by Gasteiger charge is 2.29. The molecule has 8 nitrogen and oxygen atoms in total. The lowest BCUT2D eigenvalue weighted by molar-refractivity contribution is -0.137. The van der Waals surface area contributed by atoms with Gasteiger partial charge in [-0.2, -0.15) is 0 Å². The molecule has 2 heterocycles. The molecule has 1 aliphatic heterocycles. The first-order valence-corrected chi connectivity index (χ1v) is 9.32. The van der Waals surface area contributed by atoms with Crippen LogP contribution in [0.5, 0.6) is 0 Å². The number of aliphatic carboxylic acids is 1. The fourth-order valence-corrected chi connectivity index (χ4v) is 4.07. The number of likely N-dealkylation sites (tertiary alicyclic amines) is 1. The second kappa shape index (κ2) is 6.94. The maximum Gasteiger partial charge on any atom is 0.303 e. The lowest BCUT2D eigenvalue weighted by Gasteiger charge is -2.24. The van der Waals surface area contributed by atoms with Crippen molar-refractivity contribution >= 4 is 21.9 Å². The number of sulfonamides is 1. The van der Waals surface area contributed by atoms with E-state index in [2.05, 4.69) is 9.71 Å². The maximum atomic E-state index is 12.4. The SMILES string of the molecule is CC(C)(CCC(=O)O)NS(=O)(=O)c1c[nH]c(C(=O)N2CCCC2)c1. The number of H-pyrrole nitrogens is 1. The highest BCUT2D eigenvalue weighted by molar-refractivity contribution is 7.89. The van der Waals surface area contributed by atoms with Crippen molar-refractivity contribution in [3.63, 3.8) is 0 Å². The van der Waals surface area contributed by atoms with Gasteiger partial charge in [-0.15, -0.1) is 0 Å². The fourth-order valence-electron chi connectivity index (χ4n) is 2.64. The summed E-state index contributed by atoms with van der Waals surface area (Å²) in [5, 5.41) is 8.74. The number of rotatable bonds is 7. The van der Waals surface area contributed by atoms with Crippen LogP contribution in [-0.2, 0) is 14.8 Å². The Kier molecular flexibility index (Phi) is 5.34. The monoisotopic (exact) mass is 357 g/mol. The number of aromatic amines is 1. The number of carboxylic acid groups (broad SMARTS) is 1. The highest BCUT2D eigenvalue weighted by atomic mass is 32.2. The largest absolute Gasteiger partial charge is 0.481 e. The van der Waals surface area contributed by atoms with Gasteiger partial charge in [-0.1, -0.05) is 0 Å². The Labute approximate surface area is 141 Å². The first-order chi connectivity index (χ1) is 11.1. The minimum absolute atomic E-state index is 0.0338. The molecular formula is C15H23N3O5S. The second-order valence-corrected chi connectivity index (χ2v) is 8.31. The number of nitrogens with zero attached hydrogens (tertiary/aromatic N) is 1. The van der Waals surface area contributed by atoms with Gasteiger partial charge >= 0.3 is 5.97 Å². The molecular weight excluding hydrogens is 334 g/mol. The van der Waals surface area contributed by atoms with Gasteiger partial charge < -0.3 is 15.0 Å². The zero-order valence-corrected chi connectivity index (χ0v) is 14.6. The lowest BCUT2D eigenvalue weighted by atomic mass is 10.0. The van der Waals surface area contributed by atoms with E-state index in [1.54, 1.807) is 18.7 Å². The molecule has 0 spiro atoms. The molecule has 0 saturated carbocycles. The van der Waals surface area contributed by atoms with Crippen LogP contribution in [0, 0.1) is 0 Å². The van der Waals surface area contributed by atoms with Gasteiger partial charge in [0.1, 0.15) is 10.6 Å². The molecule has 0 bridgehead atoms. The average Bonchev–Trinajstić information content (AvgIpc) is 3.15. The van der Waals surface area contributed by atoms with E-state index in [1.165, 1.54) is 12.3 Å². The van der Waals surface area contributed by atoms with Gasteiger partial charge in [-0.05, 0) is 39.2 Å². The van der Waals surface area contributed by atoms with Crippen molar-refractivity contribution in [1.82, 2.24) is 14.6 Å². The van der Waals surface area contributed by atoms with Crippen LogP contribution in [0.25, 0.3) is 0 Å². The van der Waals surface area contributed by atoms with Crippen molar-refractivity contribution in [1.29, 1.82) is 0 Å². The minimum atomic E-state index is -3.85. The molecule has 0 atom stereocenters. The van der Waals surface area contributed by atoms with Crippen molar-refractivity contribution in [2.45, 2.75) is 50.0 Å². The quantitative estimate of drug-likeness (QED) is 0.677. The van der Waals surface area contributed by atoms with Gasteiger partial charge in [0.2, 0.25) is 10.0 Å². The van der Waals surface area contributed by atoms with Crippen LogP contribution in [0.3, 0.4) is 0 Å². The zero-order valence-electron chi connectivity index (χ0n) is 13.8. The van der Waals surface area contributed by atoms with Crippen molar-refractivity contribution in [3.8, 4) is 0 Å². The van der Waals surface area contributed by atoms with Crippen molar-refractivity contribution in [2.24, 2.45) is 0 Å². The Morgan fingerprint density at radius 3 is 2.54 bits per heavy atom. The summed E-state index contributed by atoms with van der Waals surface area (Å²) in [6.45, 7) is 4.60. The molecule has 1 aliphatic rings. The first-order valence-electron chi connectivity index (χ1n) is 7.84. The molecule has 0 radical (unpaired) electrons. The molecule has 0 aromatic carbocycles. The molecule has 2 rings (SSSR count). The molecule has 134 valence electrons. The van der Waals surface area contributed by atoms with Crippen LogP contribution in [-0.4, -0.2) is 53.9 Å². The van der Waals surface area contributed by atoms with E-state index in [-0.39, 0.29) is 29.3 Å². The number of hydrogen-bond acceptors (Lipinski definition) is 4. The third-order valence-corrected chi connectivity index (χ3v) is 5.64. The van der Waals surface area contributed by atoms with Gasteiger partial charge in [0.25, 0.3) is 5.91 Å². The number of carboxylic acids is 1. The Balaban J connectivity index is 2.09. The summed E-state index contributed by atoms with van der Waals surface area (Å²) >= 11 is 0. The van der Waals surface area contributed by atoms with Gasteiger partial charge in [-0.3, -0.25) is 9.59 Å². The van der Waals surface area contributed by atoms with Gasteiger partial charge in [0.15, 0.2) is 0 Å². The summed E-state index contributed by atoms with van der Waals surface area (Å²) in [6, 6.07) is 1.32. The Bertz CT molecular complexity index is 717. The van der Waals surface area contributed by atoms with E-state index < -0.39 is 21.5 Å². The number of amides is 1. The number of hydrogen-bond donors (Lipinski definition) is 3. The zero-order chi connectivity index (χ0) is 18.0. The van der Waals surface area contributed by atoms with Crippen LogP contribution in [0.2, 0.25) is 0 Å². The van der Waals surface area contributed by atoms with Crippen LogP contribution >= 0.6 is 0 Å². The fraction of sp³-hybridized carbons (Fsp3) is 0.600. The molecule has 3 N–H and O–H groups in total. The van der Waals surface area contributed by atoms with Crippen LogP contribution in [0.15, 0.2) is 17.2 Å². The van der Waals surface area contributed by atoms with Gasteiger partial charge in [-0.25, -0.2) is 13.1 Å². The van der Waals surface area contributed by atoms with Crippen molar-refractivity contribution < 1.29 is 23.1 Å². The molecule has 1 aromatic rings. The van der Waals surface area contributed by atoms with E-state index in [0.717, 1.165) is 12.8 Å². The van der Waals surface area contributed by atoms with Crippen molar-refractivity contribution in [3.05, 3.63) is 18.0 Å². The number of carbonyl (C=O) groups is 2. The molecule has 1 saturated heterocycles. The summed E-state index contributed by atoms with van der Waals surface area (Å²) in [6.07, 6.45) is 3.21. The van der Waals surface area contributed by atoms with E-state index >= 15 is 0 Å². The molecule has 1 amide bonds. The third-order valence-electron chi connectivity index (χ3n) is 3.97. The van der Waals surface area contributed by atoms with E-state index in [0.29, 0.717) is 13.1 Å². The van der Waals surface area contributed by atoms with Crippen molar-refractivity contribution in [2.75, 3.05) is 13.1 Å². The second-order valence-electron chi connectivity index (χ2n) is 6.63. The Hall–Kier alpha value is -1.87. The van der Waals surface area contributed by atoms with Crippen LogP contribution in [0.4, 0.5) is 0 Å². The molecule has 0 unspecified atom stereocenters. The molecule has 1 aromatic heterocycles. The standard InChI is InChI=1S/C15H23N3O5S/c1-15(2,6-5-13(19)20)17-24(22,23)11-9-12(16-10-11)14(21)18-7-3-4-8-18/h9-10,16-17H,3-8H2,1-2H3,(H,19,20). The lowest BCUT2D eigenvalue weighted by Crippen LogP contribution is -2.43. The van der Waals surface area contributed by atoms with E-state index in [9.17, 15) is 18.0 Å². The molecule has 9 heteroatoms. The molecule has 1 fully saturated rings. The third kappa shape index (κ3) is 4.57. The average molecular weight is 357 g/mol. The van der Waals surface area contributed by atoms with Gasteiger partial charge in [0, 0.05) is 31.2 Å². The summed E-state index contributed by atoms with van der Waals surface area (Å²) in [5.74, 6) is -1.19.